The summed E-state index contributed by atoms with van der Waals surface area (Å²) in [5.41, 5.74) is 3.32. The molecule has 2 aliphatic carbocycles. The Balaban J connectivity index is 1.43. The number of fused-ring (bicyclic) bond motifs is 1. The van der Waals surface area contributed by atoms with Crippen LogP contribution in [-0.2, 0) is 16.1 Å². The Bertz CT molecular complexity index is 781. The fourth-order valence-corrected chi connectivity index (χ4v) is 3.37. The van der Waals surface area contributed by atoms with E-state index in [0.29, 0.717) is 12.7 Å². The molecule has 4 heteroatoms. The molecule has 1 heterocycles. The lowest BCUT2D eigenvalue weighted by atomic mass is 10.1. The molecule has 2 aliphatic rings. The van der Waals surface area contributed by atoms with E-state index in [1.165, 1.54) is 25.7 Å². The minimum absolute atomic E-state index is 0.258. The average Bonchev–Trinajstić information content (AvgIpc) is 3.59. The lowest BCUT2D eigenvalue weighted by molar-refractivity contribution is 0.0144. The van der Waals surface area contributed by atoms with E-state index < -0.39 is 0 Å². The van der Waals surface area contributed by atoms with Crippen molar-refractivity contribution in [2.24, 2.45) is 5.41 Å². The molecular formula is C23H31NO3. The Morgan fingerprint density at radius 2 is 1.96 bits per heavy atom. The van der Waals surface area contributed by atoms with Gasteiger partial charge in [-0.1, -0.05) is 25.5 Å². The first-order valence-corrected chi connectivity index (χ1v) is 10.4. The summed E-state index contributed by atoms with van der Waals surface area (Å²) in [4.78, 5) is 4.85. The molecule has 146 valence electrons. The first-order chi connectivity index (χ1) is 13.2. The molecule has 4 nitrogen and oxygen atoms in total. The highest BCUT2D eigenvalue weighted by Crippen LogP contribution is 2.47. The van der Waals surface area contributed by atoms with Gasteiger partial charge in [0.25, 0.3) is 0 Å². The summed E-state index contributed by atoms with van der Waals surface area (Å²) >= 11 is 0. The quantitative estimate of drug-likeness (QED) is 0.511. The van der Waals surface area contributed by atoms with Crippen molar-refractivity contribution in [2.45, 2.75) is 65.1 Å². The largest absolute Gasteiger partial charge is 0.493 e. The van der Waals surface area contributed by atoms with Crippen LogP contribution in [0.2, 0.25) is 0 Å². The lowest BCUT2D eigenvalue weighted by Gasteiger charge is -2.18. The summed E-state index contributed by atoms with van der Waals surface area (Å²) in [6.45, 7) is 7.18. The third kappa shape index (κ3) is 4.61. The number of pyridine rings is 1. The maximum Gasteiger partial charge on any atom is 0.133 e. The maximum atomic E-state index is 6.15. The van der Waals surface area contributed by atoms with Crippen LogP contribution in [0.3, 0.4) is 0 Å². The van der Waals surface area contributed by atoms with Crippen molar-refractivity contribution in [2.75, 3.05) is 19.8 Å². The van der Waals surface area contributed by atoms with Crippen LogP contribution in [0.15, 0.2) is 24.3 Å². The van der Waals surface area contributed by atoms with Crippen LogP contribution in [0, 0.1) is 12.3 Å². The molecule has 0 saturated heterocycles. The number of aromatic nitrogens is 1. The van der Waals surface area contributed by atoms with E-state index >= 15 is 0 Å². The van der Waals surface area contributed by atoms with Gasteiger partial charge < -0.3 is 14.2 Å². The van der Waals surface area contributed by atoms with E-state index in [4.69, 9.17) is 19.2 Å². The van der Waals surface area contributed by atoms with Crippen molar-refractivity contribution in [1.82, 2.24) is 4.98 Å². The van der Waals surface area contributed by atoms with Gasteiger partial charge in [-0.2, -0.15) is 0 Å². The molecule has 27 heavy (non-hydrogen) atoms. The summed E-state index contributed by atoms with van der Waals surface area (Å²) in [5, 5.41) is 1.09. The van der Waals surface area contributed by atoms with Crippen molar-refractivity contribution in [1.29, 1.82) is 0 Å². The number of hydrogen-bond donors (Lipinski definition) is 0. The molecule has 0 aliphatic heterocycles. The van der Waals surface area contributed by atoms with Crippen LogP contribution in [0.25, 0.3) is 10.9 Å². The zero-order chi connectivity index (χ0) is 18.7. The molecular weight excluding hydrogens is 338 g/mol. The van der Waals surface area contributed by atoms with Crippen LogP contribution < -0.4 is 4.74 Å². The van der Waals surface area contributed by atoms with Gasteiger partial charge >= 0.3 is 0 Å². The van der Waals surface area contributed by atoms with Gasteiger partial charge in [0.1, 0.15) is 5.75 Å². The first-order valence-electron chi connectivity index (χ1n) is 10.4. The van der Waals surface area contributed by atoms with Gasteiger partial charge in [-0.15, -0.1) is 0 Å². The molecule has 2 aromatic rings. The van der Waals surface area contributed by atoms with Crippen molar-refractivity contribution in [3.63, 3.8) is 0 Å². The summed E-state index contributed by atoms with van der Waals surface area (Å²) in [6.07, 6.45) is 7.61. The predicted octanol–water partition coefficient (Wildman–Crippen LogP) is 5.20. The summed E-state index contributed by atoms with van der Waals surface area (Å²) in [7, 11) is 0. The van der Waals surface area contributed by atoms with Gasteiger partial charge in [0.2, 0.25) is 0 Å². The number of benzene rings is 1. The second kappa shape index (κ2) is 8.15. The Kier molecular flexibility index (Phi) is 5.65. The highest BCUT2D eigenvalue weighted by molar-refractivity contribution is 5.86. The number of rotatable bonds is 11. The van der Waals surface area contributed by atoms with Gasteiger partial charge in [0.15, 0.2) is 0 Å². The van der Waals surface area contributed by atoms with E-state index in [1.807, 2.05) is 12.1 Å². The summed E-state index contributed by atoms with van der Waals surface area (Å²) in [5.74, 6) is 0.964. The molecule has 0 unspecified atom stereocenters. The molecule has 0 amide bonds. The van der Waals surface area contributed by atoms with Gasteiger partial charge in [-0.05, 0) is 51.2 Å². The Morgan fingerprint density at radius 3 is 2.70 bits per heavy atom. The van der Waals surface area contributed by atoms with Crippen molar-refractivity contribution in [3.05, 3.63) is 35.5 Å². The van der Waals surface area contributed by atoms with E-state index in [1.54, 1.807) is 0 Å². The van der Waals surface area contributed by atoms with E-state index in [0.717, 1.165) is 60.6 Å². The third-order valence-electron chi connectivity index (χ3n) is 5.68. The molecule has 4 rings (SSSR count). The molecule has 0 bridgehead atoms. The minimum Gasteiger partial charge on any atom is -0.493 e. The zero-order valence-electron chi connectivity index (χ0n) is 16.6. The van der Waals surface area contributed by atoms with Crippen LogP contribution in [0.5, 0.6) is 5.75 Å². The Hall–Kier alpha value is -1.65. The predicted molar refractivity (Wildman–Crippen MR) is 107 cm³/mol. The SMILES string of the molecule is CCCCOc1c(C)c(COCC2(COC3CC3)CC2)nc2ccccc12. The average molecular weight is 370 g/mol. The van der Waals surface area contributed by atoms with Gasteiger partial charge in [0.05, 0.1) is 43.7 Å². The molecule has 0 N–H and O–H groups in total. The number of nitrogens with zero attached hydrogens (tertiary/aromatic N) is 1. The van der Waals surface area contributed by atoms with E-state index in [-0.39, 0.29) is 5.41 Å². The van der Waals surface area contributed by atoms with E-state index in [9.17, 15) is 0 Å². The first kappa shape index (κ1) is 18.7. The van der Waals surface area contributed by atoms with Crippen molar-refractivity contribution < 1.29 is 14.2 Å². The molecule has 2 fully saturated rings. The normalized spacial score (nSPS) is 18.0. The molecule has 2 saturated carbocycles. The Labute approximate surface area is 162 Å². The van der Waals surface area contributed by atoms with Crippen LogP contribution >= 0.6 is 0 Å². The van der Waals surface area contributed by atoms with Gasteiger partial charge in [-0.25, -0.2) is 4.98 Å². The number of para-hydroxylation sites is 1. The second-order valence-corrected chi connectivity index (χ2v) is 8.23. The monoisotopic (exact) mass is 369 g/mol. The molecule has 1 aromatic heterocycles. The van der Waals surface area contributed by atoms with Crippen LogP contribution in [0.1, 0.15) is 56.7 Å². The van der Waals surface area contributed by atoms with Gasteiger partial charge in [-0.3, -0.25) is 0 Å². The number of unbranched alkanes of at least 4 members (excludes halogenated alkanes) is 1. The molecule has 0 radical (unpaired) electrons. The van der Waals surface area contributed by atoms with Crippen molar-refractivity contribution in [3.8, 4) is 5.75 Å². The molecule has 1 aromatic carbocycles. The van der Waals surface area contributed by atoms with Crippen molar-refractivity contribution >= 4 is 10.9 Å². The zero-order valence-corrected chi connectivity index (χ0v) is 16.6. The smallest absolute Gasteiger partial charge is 0.133 e. The standard InChI is InChI=1S/C23H31NO3/c1-3-4-13-26-22-17(2)21(24-20-8-6-5-7-19(20)22)14-25-15-23(11-12-23)16-27-18-9-10-18/h5-8,18H,3-4,9-16H2,1-2H3. The minimum atomic E-state index is 0.258. The third-order valence-corrected chi connectivity index (χ3v) is 5.68. The second-order valence-electron chi connectivity index (χ2n) is 8.23. The van der Waals surface area contributed by atoms with Crippen LogP contribution in [0.4, 0.5) is 0 Å². The fraction of sp³-hybridized carbons (Fsp3) is 0.609. The highest BCUT2D eigenvalue weighted by atomic mass is 16.5. The topological polar surface area (TPSA) is 40.6 Å². The number of hydrogen-bond acceptors (Lipinski definition) is 4. The maximum absolute atomic E-state index is 6.15. The molecule has 0 spiro atoms. The Morgan fingerprint density at radius 1 is 1.15 bits per heavy atom. The summed E-state index contributed by atoms with van der Waals surface area (Å²) < 4.78 is 18.2. The number of ether oxygens (including phenoxy) is 3. The van der Waals surface area contributed by atoms with E-state index in [2.05, 4.69) is 26.0 Å². The summed E-state index contributed by atoms with van der Waals surface area (Å²) in [6, 6.07) is 8.22. The lowest BCUT2D eigenvalue weighted by Crippen LogP contribution is -2.18. The van der Waals surface area contributed by atoms with Crippen LogP contribution in [-0.4, -0.2) is 30.9 Å². The highest BCUT2D eigenvalue weighted by Gasteiger charge is 2.44. The molecule has 0 atom stereocenters. The van der Waals surface area contributed by atoms with Gasteiger partial charge in [0, 0.05) is 16.4 Å². The fourth-order valence-electron chi connectivity index (χ4n) is 3.37.